The monoisotopic (exact) mass is 497 g/mol. The van der Waals surface area contributed by atoms with Gasteiger partial charge in [0.2, 0.25) is 5.91 Å². The van der Waals surface area contributed by atoms with Crippen LogP contribution in [0.3, 0.4) is 0 Å². The van der Waals surface area contributed by atoms with Crippen LogP contribution in [-0.2, 0) is 14.3 Å². The normalized spacial score (nSPS) is 14.8. The largest absolute Gasteiger partial charge is 0.496 e. The van der Waals surface area contributed by atoms with Crippen LogP contribution in [0, 0.1) is 12.8 Å². The number of carbonyl (C=O) groups excluding carboxylic acids is 2. The number of nitrogens with zero attached hydrogens (tertiary/aromatic N) is 1. The number of hydrogen-bond acceptors (Lipinski definition) is 5. The fourth-order valence-corrected chi connectivity index (χ4v) is 5.40. The van der Waals surface area contributed by atoms with Crippen LogP contribution >= 0.6 is 0 Å². The molecule has 0 spiro atoms. The minimum absolute atomic E-state index is 0.0675. The van der Waals surface area contributed by atoms with Crippen molar-refractivity contribution < 1.29 is 23.5 Å². The van der Waals surface area contributed by atoms with E-state index in [1.165, 1.54) is 7.11 Å². The van der Waals surface area contributed by atoms with Gasteiger partial charge >= 0.3 is 5.97 Å². The summed E-state index contributed by atoms with van der Waals surface area (Å²) in [4.78, 5) is 26.8. The second-order valence-electron chi connectivity index (χ2n) is 9.59. The van der Waals surface area contributed by atoms with Gasteiger partial charge < -0.3 is 18.8 Å². The number of piperidine rings is 1. The molecule has 4 aromatic rings. The molecule has 37 heavy (non-hydrogen) atoms. The van der Waals surface area contributed by atoms with Crippen LogP contribution in [0.1, 0.15) is 30.9 Å². The van der Waals surface area contributed by atoms with Crippen molar-refractivity contribution in [3.63, 3.8) is 0 Å². The molecule has 1 fully saturated rings. The number of aryl methyl sites for hydroxylation is 1. The van der Waals surface area contributed by atoms with Crippen molar-refractivity contribution >= 4 is 39.2 Å². The molecule has 0 atom stereocenters. The lowest BCUT2D eigenvalue weighted by Gasteiger charge is -2.30. The summed E-state index contributed by atoms with van der Waals surface area (Å²) >= 11 is 0. The highest BCUT2D eigenvalue weighted by molar-refractivity contribution is 6.07. The lowest BCUT2D eigenvalue weighted by atomic mass is 9.94. The molecular weight excluding hydrogens is 466 g/mol. The molecule has 190 valence electrons. The molecule has 2 heterocycles. The maximum Gasteiger partial charge on any atom is 0.308 e. The number of fused-ring (bicyclic) bond motifs is 2. The smallest absolute Gasteiger partial charge is 0.308 e. The summed E-state index contributed by atoms with van der Waals surface area (Å²) in [6.45, 7) is 4.97. The van der Waals surface area contributed by atoms with E-state index in [2.05, 4.69) is 36.4 Å². The van der Waals surface area contributed by atoms with Crippen molar-refractivity contribution in [2.24, 2.45) is 5.92 Å². The van der Waals surface area contributed by atoms with Crippen LogP contribution in [0.2, 0.25) is 0 Å². The Hall–Kier alpha value is -4.06. The molecule has 1 aromatic heterocycles. The van der Waals surface area contributed by atoms with E-state index in [0.29, 0.717) is 31.7 Å². The van der Waals surface area contributed by atoms with E-state index < -0.39 is 0 Å². The molecule has 5 rings (SSSR count). The third-order valence-corrected chi connectivity index (χ3v) is 7.43. The Kier molecular flexibility index (Phi) is 6.74. The highest BCUT2D eigenvalue weighted by atomic mass is 16.5. The number of likely N-dealkylation sites (tertiary alicyclic amines) is 1. The van der Waals surface area contributed by atoms with Crippen LogP contribution in [-0.4, -0.2) is 44.1 Å². The zero-order valence-corrected chi connectivity index (χ0v) is 21.7. The van der Waals surface area contributed by atoms with E-state index >= 15 is 0 Å². The van der Waals surface area contributed by atoms with Crippen molar-refractivity contribution in [2.75, 3.05) is 27.3 Å². The average Bonchev–Trinajstić information content (AvgIpc) is 3.36. The average molecular weight is 498 g/mol. The summed E-state index contributed by atoms with van der Waals surface area (Å²) in [7, 11) is 3.04. The number of allylic oxidation sites excluding steroid dienone is 1. The van der Waals surface area contributed by atoms with Gasteiger partial charge in [0.25, 0.3) is 0 Å². The summed E-state index contributed by atoms with van der Waals surface area (Å²) in [5.41, 5.74) is 5.43. The molecule has 0 unspecified atom stereocenters. The lowest BCUT2D eigenvalue weighted by Crippen LogP contribution is -2.39. The lowest BCUT2D eigenvalue weighted by molar-refractivity contribution is -0.148. The Labute approximate surface area is 216 Å². The zero-order chi connectivity index (χ0) is 26.1. The molecule has 0 saturated carbocycles. The van der Waals surface area contributed by atoms with Gasteiger partial charge in [-0.15, -0.1) is 0 Å². The Morgan fingerprint density at radius 2 is 1.73 bits per heavy atom. The Morgan fingerprint density at radius 1 is 1.00 bits per heavy atom. The van der Waals surface area contributed by atoms with E-state index in [0.717, 1.165) is 49.6 Å². The second kappa shape index (κ2) is 10.1. The molecule has 1 amide bonds. The van der Waals surface area contributed by atoms with Crippen LogP contribution < -0.4 is 4.74 Å². The third-order valence-electron chi connectivity index (χ3n) is 7.43. The molecule has 3 aromatic carbocycles. The van der Waals surface area contributed by atoms with Crippen molar-refractivity contribution in [3.05, 3.63) is 72.0 Å². The topological polar surface area (TPSA) is 69.0 Å². The number of benzene rings is 3. The summed E-state index contributed by atoms with van der Waals surface area (Å²) in [6.07, 6.45) is 4.70. The van der Waals surface area contributed by atoms with Crippen molar-refractivity contribution in [1.29, 1.82) is 0 Å². The van der Waals surface area contributed by atoms with Gasteiger partial charge in [0.15, 0.2) is 0 Å². The van der Waals surface area contributed by atoms with Gasteiger partial charge in [0, 0.05) is 41.2 Å². The summed E-state index contributed by atoms with van der Waals surface area (Å²) in [6, 6.07) is 16.6. The van der Waals surface area contributed by atoms with Crippen molar-refractivity contribution in [2.45, 2.75) is 26.7 Å². The van der Waals surface area contributed by atoms with E-state index in [1.807, 2.05) is 26.0 Å². The number of furan rings is 1. The molecule has 1 aliphatic heterocycles. The second-order valence-corrected chi connectivity index (χ2v) is 9.59. The number of methoxy groups -OCH3 is 2. The van der Waals surface area contributed by atoms with E-state index in [1.54, 1.807) is 24.3 Å². The maximum atomic E-state index is 13.1. The fraction of sp³-hybridized carbons (Fsp3) is 0.290. The number of ether oxygens (including phenoxy) is 2. The van der Waals surface area contributed by atoms with Gasteiger partial charge in [0.05, 0.1) is 26.4 Å². The number of hydrogen-bond donors (Lipinski definition) is 0. The van der Waals surface area contributed by atoms with Crippen LogP contribution in [0.5, 0.6) is 5.75 Å². The first kappa shape index (κ1) is 24.6. The number of amides is 1. The fourth-order valence-electron chi connectivity index (χ4n) is 5.40. The number of carbonyl (C=O) groups is 2. The third kappa shape index (κ3) is 4.48. The quantitative estimate of drug-likeness (QED) is 0.236. The molecule has 6 nitrogen and oxygen atoms in total. The van der Waals surface area contributed by atoms with Gasteiger partial charge in [-0.25, -0.2) is 0 Å². The molecule has 1 saturated heterocycles. The summed E-state index contributed by atoms with van der Waals surface area (Å²) in [5.74, 6) is 0.284. The Balaban J connectivity index is 1.52. The molecule has 0 radical (unpaired) electrons. The van der Waals surface area contributed by atoms with Crippen molar-refractivity contribution in [1.82, 2.24) is 4.90 Å². The van der Waals surface area contributed by atoms with Gasteiger partial charge in [-0.1, -0.05) is 42.5 Å². The zero-order valence-electron chi connectivity index (χ0n) is 21.7. The van der Waals surface area contributed by atoms with Gasteiger partial charge in [0.1, 0.15) is 11.3 Å². The van der Waals surface area contributed by atoms with E-state index in [9.17, 15) is 9.59 Å². The predicted octanol–water partition coefficient (Wildman–Crippen LogP) is 6.38. The molecule has 6 heteroatoms. The van der Waals surface area contributed by atoms with Gasteiger partial charge in [-0.05, 0) is 54.7 Å². The standard InChI is InChI=1S/C31H31NO5/c1-19(16-28(33)32-14-12-22(13-15-32)31(34)36-4)25-17-26-27(18-37-30(26)20(2)29(25)35-3)24-11-7-9-21-8-5-6-10-23(21)24/h5-11,16-18,22H,12-15H2,1-4H3/b19-16+. The SMILES string of the molecule is COC(=O)C1CCN(C(=O)/C=C(\C)c2cc3c(-c4cccc5ccccc45)coc3c(C)c2OC)CC1. The minimum atomic E-state index is -0.200. The summed E-state index contributed by atoms with van der Waals surface area (Å²) < 4.78 is 16.7. The first-order chi connectivity index (χ1) is 17.9. The minimum Gasteiger partial charge on any atom is -0.496 e. The van der Waals surface area contributed by atoms with E-state index in [-0.39, 0.29) is 17.8 Å². The van der Waals surface area contributed by atoms with Gasteiger partial charge in [-0.3, -0.25) is 9.59 Å². The molecule has 0 bridgehead atoms. The predicted molar refractivity (Wildman–Crippen MR) is 145 cm³/mol. The molecule has 0 N–H and O–H groups in total. The molecule has 1 aliphatic rings. The number of esters is 1. The highest BCUT2D eigenvalue weighted by Gasteiger charge is 2.27. The Morgan fingerprint density at radius 3 is 2.46 bits per heavy atom. The Bertz CT molecular complexity index is 1520. The van der Waals surface area contributed by atoms with Crippen LogP contribution in [0.4, 0.5) is 0 Å². The molecule has 0 aliphatic carbocycles. The summed E-state index contributed by atoms with van der Waals surface area (Å²) in [5, 5.41) is 3.29. The number of rotatable bonds is 5. The van der Waals surface area contributed by atoms with Gasteiger partial charge in [-0.2, -0.15) is 0 Å². The highest BCUT2D eigenvalue weighted by Crippen LogP contribution is 2.42. The van der Waals surface area contributed by atoms with Crippen LogP contribution in [0.25, 0.3) is 38.4 Å². The van der Waals surface area contributed by atoms with E-state index in [4.69, 9.17) is 13.9 Å². The van der Waals surface area contributed by atoms with Crippen molar-refractivity contribution in [3.8, 4) is 16.9 Å². The molecular formula is C31H31NO5. The first-order valence-corrected chi connectivity index (χ1v) is 12.5. The van der Waals surface area contributed by atoms with Crippen LogP contribution in [0.15, 0.2) is 65.3 Å². The maximum absolute atomic E-state index is 13.1. The first-order valence-electron chi connectivity index (χ1n) is 12.5.